The van der Waals surface area contributed by atoms with Crippen molar-refractivity contribution in [2.24, 2.45) is 0 Å². The Hall–Kier alpha value is -1.55. The molecule has 0 radical (unpaired) electrons. The van der Waals surface area contributed by atoms with E-state index in [0.717, 1.165) is 5.56 Å². The van der Waals surface area contributed by atoms with E-state index in [-0.39, 0.29) is 6.61 Å². The van der Waals surface area contributed by atoms with Gasteiger partial charge in [-0.3, -0.25) is 4.84 Å². The third kappa shape index (κ3) is 5.36. The first-order valence-electron chi connectivity index (χ1n) is 5.12. The van der Waals surface area contributed by atoms with Gasteiger partial charge in [-0.2, -0.15) is 5.48 Å². The Bertz CT molecular complexity index is 330. The fourth-order valence-electron chi connectivity index (χ4n) is 0.947. The second-order valence-electron chi connectivity index (χ2n) is 4.38. The highest BCUT2D eigenvalue weighted by atomic mass is 16.7. The molecule has 88 valence electrons. The van der Waals surface area contributed by atoms with E-state index in [1.807, 2.05) is 51.1 Å². The molecule has 1 N–H and O–H groups in total. The fourth-order valence-corrected chi connectivity index (χ4v) is 0.947. The normalized spacial score (nSPS) is 10.9. The van der Waals surface area contributed by atoms with Gasteiger partial charge in [-0.05, 0) is 26.3 Å². The van der Waals surface area contributed by atoms with Gasteiger partial charge in [0.05, 0.1) is 5.60 Å². The molecule has 0 spiro atoms. The lowest BCUT2D eigenvalue weighted by molar-refractivity contribution is -0.0671. The summed E-state index contributed by atoms with van der Waals surface area (Å²) in [5.41, 5.74) is 2.75. The van der Waals surface area contributed by atoms with Gasteiger partial charge in [-0.1, -0.05) is 30.3 Å². The van der Waals surface area contributed by atoms with Gasteiger partial charge < -0.3 is 4.74 Å². The molecule has 1 amide bonds. The second kappa shape index (κ2) is 5.51. The molecule has 0 saturated carbocycles. The minimum absolute atomic E-state index is 0.236. The number of hydrogen-bond acceptors (Lipinski definition) is 3. The summed E-state index contributed by atoms with van der Waals surface area (Å²) in [6, 6.07) is 9.46. The summed E-state index contributed by atoms with van der Waals surface area (Å²) in [5.74, 6) is 0. The molecule has 0 aliphatic carbocycles. The van der Waals surface area contributed by atoms with Gasteiger partial charge in [-0.25, -0.2) is 4.79 Å². The van der Waals surface area contributed by atoms with E-state index in [9.17, 15) is 4.79 Å². The van der Waals surface area contributed by atoms with Crippen LogP contribution in [0.3, 0.4) is 0 Å². The lowest BCUT2D eigenvalue weighted by Gasteiger charge is -2.18. The van der Waals surface area contributed by atoms with Gasteiger partial charge in [0.2, 0.25) is 0 Å². The van der Waals surface area contributed by atoms with Crippen LogP contribution in [0.15, 0.2) is 30.3 Å². The molecule has 0 aromatic heterocycles. The summed E-state index contributed by atoms with van der Waals surface area (Å²) in [6.45, 7) is 5.75. The van der Waals surface area contributed by atoms with Crippen molar-refractivity contribution in [1.29, 1.82) is 0 Å². The summed E-state index contributed by atoms with van der Waals surface area (Å²) in [5, 5.41) is 0. The van der Waals surface area contributed by atoms with Crippen molar-refractivity contribution >= 4 is 6.09 Å². The van der Waals surface area contributed by atoms with Crippen molar-refractivity contribution in [2.75, 3.05) is 0 Å². The number of hydrogen-bond donors (Lipinski definition) is 1. The molecule has 4 heteroatoms. The van der Waals surface area contributed by atoms with Crippen LogP contribution < -0.4 is 5.48 Å². The maximum Gasteiger partial charge on any atom is 0.431 e. The van der Waals surface area contributed by atoms with Crippen molar-refractivity contribution in [3.05, 3.63) is 35.9 Å². The predicted octanol–water partition coefficient (Wildman–Crippen LogP) is 2.64. The lowest BCUT2D eigenvalue weighted by atomic mass is 10.2. The first-order valence-corrected chi connectivity index (χ1v) is 5.12. The Kier molecular flexibility index (Phi) is 4.31. The number of carbonyl (C=O) groups excluding carboxylic acids is 1. The van der Waals surface area contributed by atoms with Crippen molar-refractivity contribution in [2.45, 2.75) is 33.0 Å². The Morgan fingerprint density at radius 2 is 1.88 bits per heavy atom. The molecule has 1 aromatic rings. The Morgan fingerprint density at radius 3 is 2.44 bits per heavy atom. The summed E-state index contributed by atoms with van der Waals surface area (Å²) < 4.78 is 4.95. The van der Waals surface area contributed by atoms with Crippen LogP contribution in [0.5, 0.6) is 0 Å². The van der Waals surface area contributed by atoms with Crippen molar-refractivity contribution in [3.63, 3.8) is 0 Å². The summed E-state index contributed by atoms with van der Waals surface area (Å²) >= 11 is 0. The van der Waals surface area contributed by atoms with Gasteiger partial charge in [0.25, 0.3) is 0 Å². The molecular formula is C12H17NO3. The SMILES string of the molecule is CC(C)(C)ONC(=O)OCc1ccccc1. The topological polar surface area (TPSA) is 47.6 Å². The van der Waals surface area contributed by atoms with Gasteiger partial charge in [0, 0.05) is 0 Å². The number of benzene rings is 1. The first kappa shape index (κ1) is 12.5. The van der Waals surface area contributed by atoms with Gasteiger partial charge >= 0.3 is 6.09 Å². The van der Waals surface area contributed by atoms with Crippen LogP contribution in [0.4, 0.5) is 4.79 Å². The van der Waals surface area contributed by atoms with Gasteiger partial charge in [0.1, 0.15) is 6.61 Å². The number of nitrogens with one attached hydrogen (secondary N) is 1. The first-order chi connectivity index (χ1) is 7.47. The second-order valence-corrected chi connectivity index (χ2v) is 4.38. The van der Waals surface area contributed by atoms with Gasteiger partial charge in [-0.15, -0.1) is 0 Å². The minimum atomic E-state index is -0.584. The zero-order chi connectivity index (χ0) is 12.0. The summed E-state index contributed by atoms with van der Waals surface area (Å²) in [4.78, 5) is 16.3. The van der Waals surface area contributed by atoms with Crippen LogP contribution in [0.25, 0.3) is 0 Å². The highest BCUT2D eigenvalue weighted by Gasteiger charge is 2.13. The summed E-state index contributed by atoms with van der Waals surface area (Å²) in [6.07, 6.45) is -0.584. The van der Waals surface area contributed by atoms with E-state index in [0.29, 0.717) is 0 Å². The van der Waals surface area contributed by atoms with E-state index in [4.69, 9.17) is 9.57 Å². The van der Waals surface area contributed by atoms with E-state index in [2.05, 4.69) is 5.48 Å². The largest absolute Gasteiger partial charge is 0.443 e. The molecule has 0 saturated heterocycles. The molecule has 1 rings (SSSR count). The van der Waals surface area contributed by atoms with Crippen LogP contribution in [-0.4, -0.2) is 11.7 Å². The van der Waals surface area contributed by atoms with Crippen LogP contribution in [0.1, 0.15) is 26.3 Å². The Morgan fingerprint density at radius 1 is 1.25 bits per heavy atom. The van der Waals surface area contributed by atoms with Crippen LogP contribution in [0.2, 0.25) is 0 Å². The minimum Gasteiger partial charge on any atom is -0.443 e. The Labute approximate surface area is 95.5 Å². The molecule has 0 aliphatic rings. The molecule has 0 fully saturated rings. The smallest absolute Gasteiger partial charge is 0.431 e. The molecular weight excluding hydrogens is 206 g/mol. The average molecular weight is 223 g/mol. The quantitative estimate of drug-likeness (QED) is 0.801. The van der Waals surface area contributed by atoms with E-state index in [1.54, 1.807) is 0 Å². The molecule has 0 unspecified atom stereocenters. The predicted molar refractivity (Wildman–Crippen MR) is 60.6 cm³/mol. The number of ether oxygens (including phenoxy) is 1. The number of hydroxylamine groups is 1. The van der Waals surface area contributed by atoms with E-state index in [1.165, 1.54) is 0 Å². The van der Waals surface area contributed by atoms with Crippen molar-refractivity contribution in [1.82, 2.24) is 5.48 Å². The zero-order valence-corrected chi connectivity index (χ0v) is 9.82. The summed E-state index contributed by atoms with van der Waals surface area (Å²) in [7, 11) is 0. The van der Waals surface area contributed by atoms with Gasteiger partial charge in [0.15, 0.2) is 0 Å². The maximum atomic E-state index is 11.2. The zero-order valence-electron chi connectivity index (χ0n) is 9.82. The molecule has 16 heavy (non-hydrogen) atoms. The molecule has 0 heterocycles. The number of amides is 1. The number of carbonyl (C=O) groups is 1. The molecule has 1 aromatic carbocycles. The number of rotatable bonds is 3. The van der Waals surface area contributed by atoms with Crippen molar-refractivity contribution < 1.29 is 14.4 Å². The molecule has 0 bridgehead atoms. The van der Waals surface area contributed by atoms with E-state index >= 15 is 0 Å². The average Bonchev–Trinajstić information content (AvgIpc) is 2.24. The molecule has 4 nitrogen and oxygen atoms in total. The van der Waals surface area contributed by atoms with Crippen molar-refractivity contribution in [3.8, 4) is 0 Å². The Balaban J connectivity index is 2.26. The van der Waals surface area contributed by atoms with Crippen LogP contribution >= 0.6 is 0 Å². The highest BCUT2D eigenvalue weighted by molar-refractivity contribution is 5.65. The third-order valence-corrected chi connectivity index (χ3v) is 1.65. The monoisotopic (exact) mass is 223 g/mol. The maximum absolute atomic E-state index is 11.2. The molecule has 0 atom stereocenters. The highest BCUT2D eigenvalue weighted by Crippen LogP contribution is 2.04. The fraction of sp³-hybridized carbons (Fsp3) is 0.417. The molecule has 0 aliphatic heterocycles. The van der Waals surface area contributed by atoms with Crippen LogP contribution in [-0.2, 0) is 16.2 Å². The van der Waals surface area contributed by atoms with Crippen LogP contribution in [0, 0.1) is 0 Å². The lowest BCUT2D eigenvalue weighted by Crippen LogP contribution is -2.33. The standard InChI is InChI=1S/C12H17NO3/c1-12(2,3)16-13-11(14)15-9-10-7-5-4-6-8-10/h4-8H,9H2,1-3H3,(H,13,14). The van der Waals surface area contributed by atoms with E-state index < -0.39 is 11.7 Å². The third-order valence-electron chi connectivity index (χ3n) is 1.65.